The number of esters is 1. The van der Waals surface area contributed by atoms with E-state index < -0.39 is 78.6 Å². The molecule has 2 aromatic carbocycles. The summed E-state index contributed by atoms with van der Waals surface area (Å²) in [6.07, 6.45) is 5.27. The zero-order valence-electron chi connectivity index (χ0n) is 40.6. The second-order valence-corrected chi connectivity index (χ2v) is 19.3. The minimum absolute atomic E-state index is 0.0966. The minimum Gasteiger partial charge on any atom is -0.466 e. The molecule has 13 N–H and O–H groups in total. The molecular formula is C49H76BN9O9. The second kappa shape index (κ2) is 25.1. The number of aryl methyl sites for hydroxylation is 1. The molecule has 4 aliphatic rings. The fourth-order valence-corrected chi connectivity index (χ4v) is 9.83. The van der Waals surface area contributed by atoms with Crippen molar-refractivity contribution in [3.05, 3.63) is 59.7 Å². The van der Waals surface area contributed by atoms with Gasteiger partial charge in [-0.15, -0.1) is 0 Å². The Labute approximate surface area is 401 Å². The van der Waals surface area contributed by atoms with Gasteiger partial charge in [-0.25, -0.2) is 0 Å². The molecule has 2 bridgehead atoms. The van der Waals surface area contributed by atoms with Crippen LogP contribution in [0.5, 0.6) is 0 Å². The lowest BCUT2D eigenvalue weighted by Gasteiger charge is -2.64. The fourth-order valence-electron chi connectivity index (χ4n) is 9.83. The van der Waals surface area contributed by atoms with Gasteiger partial charge in [0.15, 0.2) is 6.17 Å². The maximum atomic E-state index is 14.0. The molecule has 1 aliphatic heterocycles. The quantitative estimate of drug-likeness (QED) is 0.0270. The van der Waals surface area contributed by atoms with Crippen molar-refractivity contribution in [3.63, 3.8) is 0 Å². The van der Waals surface area contributed by atoms with Gasteiger partial charge in [-0.1, -0.05) is 63.6 Å². The number of ether oxygens (including phenoxy) is 1. The van der Waals surface area contributed by atoms with Crippen LogP contribution in [0.15, 0.2) is 48.5 Å². The van der Waals surface area contributed by atoms with Gasteiger partial charge in [-0.2, -0.15) is 0 Å². The van der Waals surface area contributed by atoms with Crippen molar-refractivity contribution in [2.75, 3.05) is 19.7 Å². The van der Waals surface area contributed by atoms with Crippen molar-refractivity contribution >= 4 is 42.6 Å². The zero-order chi connectivity index (χ0) is 49.6. The highest BCUT2D eigenvalue weighted by atomic mass is 16.7. The first-order valence-electron chi connectivity index (χ1n) is 24.6. The number of rotatable bonds is 27. The highest BCUT2D eigenvalue weighted by Crippen LogP contribution is 2.65. The van der Waals surface area contributed by atoms with E-state index in [2.05, 4.69) is 71.6 Å². The molecule has 9 atom stereocenters. The molecular weight excluding hydrogens is 869 g/mol. The summed E-state index contributed by atoms with van der Waals surface area (Å²) in [6.45, 7) is 11.1. The van der Waals surface area contributed by atoms with Crippen LogP contribution in [0.3, 0.4) is 0 Å². The average Bonchev–Trinajstić information content (AvgIpc) is 3.69. The van der Waals surface area contributed by atoms with E-state index in [1.807, 2.05) is 19.1 Å². The molecule has 2 aromatic rings. The second-order valence-electron chi connectivity index (χ2n) is 19.3. The summed E-state index contributed by atoms with van der Waals surface area (Å²) in [5, 5.41) is 13.2. The molecule has 3 saturated carbocycles. The average molecular weight is 946 g/mol. The van der Waals surface area contributed by atoms with Crippen molar-refractivity contribution in [2.24, 2.45) is 40.2 Å². The summed E-state index contributed by atoms with van der Waals surface area (Å²) in [5.41, 5.74) is 27.2. The Kier molecular flexibility index (Phi) is 19.9. The van der Waals surface area contributed by atoms with Gasteiger partial charge in [0.2, 0.25) is 17.7 Å². The molecule has 18 nitrogen and oxygen atoms in total. The van der Waals surface area contributed by atoms with Crippen molar-refractivity contribution < 1.29 is 42.8 Å². The number of amides is 5. The Morgan fingerprint density at radius 1 is 0.706 bits per heavy atom. The third-order valence-corrected chi connectivity index (χ3v) is 14.1. The van der Waals surface area contributed by atoms with E-state index in [-0.39, 0.29) is 49.7 Å². The Hall–Kier alpha value is -4.92. The van der Waals surface area contributed by atoms with E-state index in [9.17, 15) is 28.8 Å². The Bertz CT molecular complexity index is 2030. The van der Waals surface area contributed by atoms with E-state index in [1.165, 1.54) is 5.56 Å². The van der Waals surface area contributed by atoms with Gasteiger partial charge in [-0.05, 0) is 144 Å². The first kappa shape index (κ1) is 54.0. The standard InChI is InChI=1S/C49H76BN9O9/c1-6-8-13-30-16-18-31(19-17-30)32-20-22-33(23-21-32)42(61)55-35(14-9-11-26-51)43(62)56-37(24-25-40(60)66-7-2)44(63)58-41(53)46(65)57-36(15-10-12-27-52)45(64)59-47(54)50-67-39-29-34-28-38(48(34,3)4)49(39,5)68-50/h16-23,34-39,41,47H,6-15,24-29,51-54H2,1-5H3,(H,55,61)(H,56,62)(H,57,65)(H,58,63)(H,59,64)/t34-,35-,36-,37-,38-,39+,41+,47+,49-/m0/s1. The van der Waals surface area contributed by atoms with Crippen LogP contribution in [0, 0.1) is 17.3 Å². The largest absolute Gasteiger partial charge is 0.497 e. The third kappa shape index (κ3) is 13.9. The number of carbonyl (C=O) groups is 6. The predicted octanol–water partition coefficient (Wildman–Crippen LogP) is 2.44. The first-order valence-corrected chi connectivity index (χ1v) is 24.6. The maximum Gasteiger partial charge on any atom is 0.497 e. The number of nitrogens with two attached hydrogens (primary N) is 4. The SMILES string of the molecule is CCCCc1ccc(-c2ccc(C(=O)N[C@@H](CCCCN)C(=O)N[C@@H](CCC(=O)OCC)C(=O)N[C@@H](N)C(=O)N[C@@H](CCCCN)C(=O)N[C@@H](N)B3O[C@@H]4C[C@@H]5C[C@@H](C5(C)C)[C@]4(C)O3)cc2)cc1. The van der Waals surface area contributed by atoms with Gasteiger partial charge < -0.3 is 63.6 Å². The van der Waals surface area contributed by atoms with E-state index in [0.717, 1.165) is 43.2 Å². The van der Waals surface area contributed by atoms with Gasteiger partial charge in [0.25, 0.3) is 11.8 Å². The Morgan fingerprint density at radius 3 is 1.85 bits per heavy atom. The molecule has 5 amide bonds. The first-order chi connectivity index (χ1) is 32.4. The summed E-state index contributed by atoms with van der Waals surface area (Å²) < 4.78 is 17.7. The Balaban J connectivity index is 1.22. The smallest absolute Gasteiger partial charge is 0.466 e. The zero-order valence-corrected chi connectivity index (χ0v) is 40.6. The highest BCUT2D eigenvalue weighted by molar-refractivity contribution is 6.47. The molecule has 1 saturated heterocycles. The number of hydrogen-bond donors (Lipinski definition) is 9. The highest BCUT2D eigenvalue weighted by Gasteiger charge is 2.68. The molecule has 6 rings (SSSR count). The molecule has 0 unspecified atom stereocenters. The summed E-state index contributed by atoms with van der Waals surface area (Å²) in [7, 11) is -0.906. The molecule has 374 valence electrons. The van der Waals surface area contributed by atoms with Crippen LogP contribution in [0.4, 0.5) is 0 Å². The predicted molar refractivity (Wildman–Crippen MR) is 260 cm³/mol. The number of hydrogen-bond acceptors (Lipinski definition) is 13. The van der Waals surface area contributed by atoms with Crippen LogP contribution in [-0.4, -0.2) is 104 Å². The summed E-state index contributed by atoms with van der Waals surface area (Å²) in [4.78, 5) is 81.1. The van der Waals surface area contributed by atoms with Crippen LogP contribution in [-0.2, 0) is 44.4 Å². The molecule has 0 spiro atoms. The van der Waals surface area contributed by atoms with E-state index in [4.69, 9.17) is 37.0 Å². The minimum atomic E-state index is -1.69. The van der Waals surface area contributed by atoms with Gasteiger partial charge in [0.05, 0.1) is 18.3 Å². The fraction of sp³-hybridized carbons (Fsp3) is 0.633. The monoisotopic (exact) mass is 946 g/mol. The lowest BCUT2D eigenvalue weighted by molar-refractivity contribution is -0.199. The van der Waals surface area contributed by atoms with E-state index in [1.54, 1.807) is 19.1 Å². The third-order valence-electron chi connectivity index (χ3n) is 14.1. The van der Waals surface area contributed by atoms with Crippen LogP contribution in [0.25, 0.3) is 11.1 Å². The molecule has 4 fully saturated rings. The number of unbranched alkanes of at least 4 members (excludes halogenated alkanes) is 3. The normalized spacial score (nSPS) is 22.2. The van der Waals surface area contributed by atoms with Gasteiger partial charge in [0, 0.05) is 12.0 Å². The van der Waals surface area contributed by atoms with Gasteiger partial charge in [-0.3, -0.25) is 28.8 Å². The topological polar surface area (TPSA) is 294 Å². The van der Waals surface area contributed by atoms with Crippen LogP contribution < -0.4 is 49.5 Å². The van der Waals surface area contributed by atoms with Gasteiger partial charge in [0.1, 0.15) is 24.2 Å². The molecule has 0 aromatic heterocycles. The molecule has 0 radical (unpaired) electrons. The van der Waals surface area contributed by atoms with Crippen LogP contribution in [0.1, 0.15) is 128 Å². The summed E-state index contributed by atoms with van der Waals surface area (Å²) in [5.74, 6) is -3.41. The van der Waals surface area contributed by atoms with Crippen molar-refractivity contribution in [3.8, 4) is 11.1 Å². The van der Waals surface area contributed by atoms with Crippen molar-refractivity contribution in [1.82, 2.24) is 26.6 Å². The Morgan fingerprint density at radius 2 is 1.26 bits per heavy atom. The number of benzene rings is 2. The molecule has 68 heavy (non-hydrogen) atoms. The van der Waals surface area contributed by atoms with E-state index in [0.29, 0.717) is 50.3 Å². The molecule has 3 aliphatic carbocycles. The summed E-state index contributed by atoms with van der Waals surface area (Å²) in [6, 6.07) is 10.7. The van der Waals surface area contributed by atoms with Crippen molar-refractivity contribution in [1.29, 1.82) is 0 Å². The lowest BCUT2D eigenvalue weighted by atomic mass is 9.43. The molecule has 1 heterocycles. The van der Waals surface area contributed by atoms with Crippen molar-refractivity contribution in [2.45, 2.75) is 160 Å². The van der Waals surface area contributed by atoms with Gasteiger partial charge >= 0.3 is 13.1 Å². The van der Waals surface area contributed by atoms with Crippen LogP contribution >= 0.6 is 0 Å². The number of nitrogens with one attached hydrogen (secondary N) is 5. The lowest BCUT2D eigenvalue weighted by Crippen LogP contribution is -2.65. The maximum absolute atomic E-state index is 14.0. The number of carbonyl (C=O) groups excluding carboxylic acids is 6. The van der Waals surface area contributed by atoms with Crippen LogP contribution in [0.2, 0.25) is 0 Å². The summed E-state index contributed by atoms with van der Waals surface area (Å²) >= 11 is 0. The molecule has 19 heteroatoms. The van der Waals surface area contributed by atoms with E-state index >= 15 is 0 Å².